The minimum absolute atomic E-state index is 0.571. The minimum atomic E-state index is 0.571. The number of para-hydroxylation sites is 4. The predicted octanol–water partition coefficient (Wildman–Crippen LogP) is 31.7. The van der Waals surface area contributed by atoms with E-state index in [0.29, 0.717) is 35.2 Å². The van der Waals surface area contributed by atoms with Crippen LogP contribution in [-0.4, -0.2) is 48.2 Å². The highest BCUT2D eigenvalue weighted by molar-refractivity contribution is 6.15. The number of hydrogen-bond acceptors (Lipinski definition) is 6. The van der Waals surface area contributed by atoms with Crippen LogP contribution in [0.25, 0.3) is 255 Å². The maximum Gasteiger partial charge on any atom is 0.238 e. The van der Waals surface area contributed by atoms with Crippen LogP contribution in [-0.2, 0) is 0 Å². The maximum absolute atomic E-state index is 5.30. The van der Waals surface area contributed by atoms with Crippen molar-refractivity contribution < 1.29 is 0 Å². The van der Waals surface area contributed by atoms with Gasteiger partial charge in [0.2, 0.25) is 11.9 Å². The quantitative estimate of drug-likeness (QED) is 0.114. The van der Waals surface area contributed by atoms with Gasteiger partial charge in [0.25, 0.3) is 0 Å². The van der Waals surface area contributed by atoms with Gasteiger partial charge in [0.1, 0.15) is 0 Å². The second kappa shape index (κ2) is 32.0. The monoisotopic (exact) mass is 1710 g/mol. The van der Waals surface area contributed by atoms with Crippen LogP contribution in [0.2, 0.25) is 0 Å². The molecule has 0 spiro atoms. The molecule has 21 aromatic carbocycles. The lowest BCUT2D eigenvalue weighted by atomic mass is 9.98. The number of rotatable bonds is 13. The average Bonchev–Trinajstić information content (AvgIpc) is 1.58. The molecule has 27 aromatic rings. The third kappa shape index (κ3) is 13.5. The van der Waals surface area contributed by atoms with Gasteiger partial charge in [-0.1, -0.05) is 346 Å². The van der Waals surface area contributed by atoms with Gasteiger partial charge in [-0.05, 0) is 226 Å². The summed E-state index contributed by atoms with van der Waals surface area (Å²) in [6, 6.07) is 169. The maximum atomic E-state index is 5.30. The van der Waals surface area contributed by atoms with Crippen molar-refractivity contribution in [3.63, 3.8) is 0 Å². The lowest BCUT2D eigenvalue weighted by molar-refractivity contribution is 0.953. The molecule has 0 amide bonds. The van der Waals surface area contributed by atoms with E-state index in [1.807, 2.05) is 0 Å². The molecule has 0 aliphatic carbocycles. The molecule has 0 bridgehead atoms. The van der Waals surface area contributed by atoms with Gasteiger partial charge in [-0.2, -0.15) is 19.9 Å². The Labute approximate surface area is 770 Å². The topological polar surface area (TPSA) is 97.1 Å². The summed E-state index contributed by atoms with van der Waals surface area (Å²) in [5, 5.41) is 18.6. The number of nitrogens with zero attached hydrogens (tertiary/aromatic N) is 10. The lowest BCUT2D eigenvalue weighted by Crippen LogP contribution is -2.06. The van der Waals surface area contributed by atoms with Crippen molar-refractivity contribution in [2.75, 3.05) is 0 Å². The smallest absolute Gasteiger partial charge is 0.238 e. The fourth-order valence-corrected chi connectivity index (χ4v) is 20.1. The third-order valence-corrected chi connectivity index (χ3v) is 26.7. The summed E-state index contributed by atoms with van der Waals surface area (Å²) in [4.78, 5) is 31.5. The number of aromatic nitrogens is 10. The second-order valence-corrected chi connectivity index (χ2v) is 34.6. The van der Waals surface area contributed by atoms with Gasteiger partial charge in [0.15, 0.2) is 23.3 Å². The Bertz CT molecular complexity index is 9140. The largest absolute Gasteiger partial charge is 0.309 e. The summed E-state index contributed by atoms with van der Waals surface area (Å²) in [7, 11) is 0. The van der Waals surface area contributed by atoms with Gasteiger partial charge in [0, 0.05) is 76.7 Å². The van der Waals surface area contributed by atoms with E-state index < -0.39 is 0 Å². The molecule has 0 aliphatic rings. The van der Waals surface area contributed by atoms with Gasteiger partial charge < -0.3 is 9.13 Å². The van der Waals surface area contributed by atoms with Crippen LogP contribution in [0.1, 0.15) is 0 Å². The average molecular weight is 1710 g/mol. The molecule has 134 heavy (non-hydrogen) atoms. The molecule has 0 saturated heterocycles. The fourth-order valence-electron chi connectivity index (χ4n) is 20.1. The van der Waals surface area contributed by atoms with Crippen molar-refractivity contribution in [2.45, 2.75) is 0 Å². The fraction of sp³-hybridized carbons (Fsp3) is 0. The van der Waals surface area contributed by atoms with E-state index in [1.54, 1.807) is 0 Å². The molecule has 10 heteroatoms. The zero-order valence-electron chi connectivity index (χ0n) is 72.5. The molecule has 0 N–H and O–H groups in total. The van der Waals surface area contributed by atoms with Gasteiger partial charge in [-0.15, -0.1) is 0 Å². The molecule has 0 saturated carbocycles. The molecule has 10 nitrogen and oxygen atoms in total. The van der Waals surface area contributed by atoms with E-state index in [0.717, 1.165) is 127 Å². The molecule has 624 valence electrons. The summed E-state index contributed by atoms with van der Waals surface area (Å²) < 4.78 is 9.21. The van der Waals surface area contributed by atoms with Crippen LogP contribution in [0.15, 0.2) is 473 Å². The van der Waals surface area contributed by atoms with Crippen LogP contribution >= 0.6 is 0 Å². The first-order chi connectivity index (χ1) is 66.4. The van der Waals surface area contributed by atoms with Crippen molar-refractivity contribution in [2.24, 2.45) is 0 Å². The highest BCUT2D eigenvalue weighted by Crippen LogP contribution is 2.45. The predicted molar refractivity (Wildman–Crippen MR) is 556 cm³/mol. The molecule has 0 radical (unpaired) electrons. The second-order valence-electron chi connectivity index (χ2n) is 34.6. The van der Waals surface area contributed by atoms with Gasteiger partial charge in [-0.3, -0.25) is 9.13 Å². The molecule has 0 fully saturated rings. The van der Waals surface area contributed by atoms with Crippen LogP contribution in [0, 0.1) is 0 Å². The number of hydrogen-bond donors (Lipinski definition) is 0. The van der Waals surface area contributed by atoms with E-state index >= 15 is 0 Å². The van der Waals surface area contributed by atoms with Crippen LogP contribution in [0.4, 0.5) is 0 Å². The summed E-state index contributed by atoms with van der Waals surface area (Å²) >= 11 is 0. The van der Waals surface area contributed by atoms with Crippen molar-refractivity contribution in [3.8, 4) is 124 Å². The number of benzene rings is 21. The van der Waals surface area contributed by atoms with Crippen LogP contribution in [0.3, 0.4) is 0 Å². The Balaban J connectivity index is 0.000000140. The molecule has 0 aliphatic heterocycles. The van der Waals surface area contributed by atoms with Gasteiger partial charge in [0.05, 0.1) is 44.1 Å². The Morgan fingerprint density at radius 3 is 0.672 bits per heavy atom. The molecule has 0 atom stereocenters. The SMILES string of the molecule is c1ccc(-c2cc(-c3ccccc3)cc(-n3c4ccccc4c4cc(-c5ccc6c(c5)c5ccccc5n6-c5nc(-c6ccc7ccccc7c6)nc(-c6ccc7ccccc7c6)n5)ccc43)c2)cc1.c1ccc(-c2ccc(-n3c4ccccc4c4cc(-c5ccc6c(c5)c5ccccc5n6-c5nc(-c6ccc7ccccc7c6)nc(-c6ccc7ccccc7c6)n5)ccc43)cc2)cc1. The molecular formula is C124H78N10. The molecule has 27 rings (SSSR count). The first-order valence-corrected chi connectivity index (χ1v) is 45.4. The van der Waals surface area contributed by atoms with Crippen molar-refractivity contribution in [1.82, 2.24) is 48.2 Å². The molecule has 6 heterocycles. The Morgan fingerprint density at radius 2 is 0.351 bits per heavy atom. The van der Waals surface area contributed by atoms with Gasteiger partial charge >= 0.3 is 0 Å². The highest BCUT2D eigenvalue weighted by Gasteiger charge is 2.25. The standard InChI is InChI=1S/C65H41N5.C59H37N5/c1-3-15-42(16-4-1)52-37-53(43-17-5-2-6-18-43)39-54(38-52)69-59-25-13-11-23-55(59)57-40-48(31-33-61(57)69)49-32-34-62-58(41-49)56-24-12-14-26-60(56)70(62)65-67-63(50-29-27-44-19-7-9-21-46(44)35-50)66-64(68-65)51-30-28-45-20-8-10-22-47(45)36-51;1-2-12-38(13-3-1)41-26-30-48(31-27-41)63-53-20-10-8-18-49(53)51-36-44(28-32-55(51)63)45-29-33-56-52(37-45)50-19-9-11-21-54(50)64(56)59-61-57(46-24-22-39-14-4-6-16-42(39)34-46)60-58(62-59)47-25-23-40-15-5-7-17-43(40)35-47/h1-41H;1-37H. The number of fused-ring (bicyclic) bond motifs is 16. The zero-order valence-corrected chi connectivity index (χ0v) is 72.5. The molecular weight excluding hydrogens is 1630 g/mol. The summed E-state index contributed by atoms with van der Waals surface area (Å²) in [5.74, 6) is 3.64. The Hall–Kier alpha value is -18.1. The van der Waals surface area contributed by atoms with E-state index in [9.17, 15) is 0 Å². The Morgan fingerprint density at radius 1 is 0.119 bits per heavy atom. The molecule has 6 aromatic heterocycles. The minimum Gasteiger partial charge on any atom is -0.309 e. The van der Waals surface area contributed by atoms with Crippen molar-refractivity contribution >= 4 is 130 Å². The van der Waals surface area contributed by atoms with Crippen LogP contribution < -0.4 is 0 Å². The van der Waals surface area contributed by atoms with Crippen molar-refractivity contribution in [1.29, 1.82) is 0 Å². The van der Waals surface area contributed by atoms with Crippen molar-refractivity contribution in [3.05, 3.63) is 473 Å². The first-order valence-electron chi connectivity index (χ1n) is 45.4. The van der Waals surface area contributed by atoms with Crippen LogP contribution in [0.5, 0.6) is 0 Å². The Kier molecular flexibility index (Phi) is 18.4. The summed E-state index contributed by atoms with van der Waals surface area (Å²) in [6.45, 7) is 0. The lowest BCUT2D eigenvalue weighted by Gasteiger charge is -2.14. The summed E-state index contributed by atoms with van der Waals surface area (Å²) in [5.41, 5.74) is 26.5. The highest BCUT2D eigenvalue weighted by atomic mass is 15.2. The first kappa shape index (κ1) is 77.1. The zero-order chi connectivity index (χ0) is 88.3. The molecule has 0 unspecified atom stereocenters. The third-order valence-electron chi connectivity index (χ3n) is 26.7. The van der Waals surface area contributed by atoms with E-state index in [-0.39, 0.29) is 0 Å². The van der Waals surface area contributed by atoms with E-state index in [4.69, 9.17) is 29.9 Å². The van der Waals surface area contributed by atoms with E-state index in [2.05, 4.69) is 491 Å². The van der Waals surface area contributed by atoms with Gasteiger partial charge in [-0.25, -0.2) is 9.97 Å². The normalized spacial score (nSPS) is 11.7. The summed E-state index contributed by atoms with van der Waals surface area (Å²) in [6.07, 6.45) is 0. The van der Waals surface area contributed by atoms with E-state index in [1.165, 1.54) is 93.0 Å².